The van der Waals surface area contributed by atoms with Crippen LogP contribution in [0.5, 0.6) is 0 Å². The van der Waals surface area contributed by atoms with Crippen molar-refractivity contribution in [2.75, 3.05) is 18.1 Å². The van der Waals surface area contributed by atoms with Gasteiger partial charge in [-0.1, -0.05) is 6.92 Å². The number of anilines is 1. The van der Waals surface area contributed by atoms with Crippen LogP contribution in [-0.2, 0) is 0 Å². The molecule has 0 amide bonds. The van der Waals surface area contributed by atoms with Gasteiger partial charge in [0.05, 0.1) is 12.6 Å². The summed E-state index contributed by atoms with van der Waals surface area (Å²) in [5, 5.41) is 9.46. The zero-order chi connectivity index (χ0) is 12.4. The normalized spacial score (nSPS) is 24.1. The summed E-state index contributed by atoms with van der Waals surface area (Å²) in [7, 11) is 0. The Morgan fingerprint density at radius 3 is 2.88 bits per heavy atom. The monoisotopic (exact) mass is 233 g/mol. The van der Waals surface area contributed by atoms with E-state index in [2.05, 4.69) is 11.8 Å². The van der Waals surface area contributed by atoms with Gasteiger partial charge in [-0.05, 0) is 43.0 Å². The van der Waals surface area contributed by atoms with Gasteiger partial charge in [0.25, 0.3) is 0 Å². The van der Waals surface area contributed by atoms with Crippen LogP contribution >= 0.6 is 0 Å². The van der Waals surface area contributed by atoms with Crippen LogP contribution in [0.4, 0.5) is 5.69 Å². The molecule has 1 aliphatic heterocycles. The highest BCUT2D eigenvalue weighted by atomic mass is 16.3. The Hall–Kier alpha value is -1.35. The third kappa shape index (κ3) is 2.20. The number of aryl methyl sites for hydroxylation is 1. The molecule has 0 aromatic heterocycles. The van der Waals surface area contributed by atoms with Gasteiger partial charge >= 0.3 is 0 Å². The third-order valence-electron chi connectivity index (χ3n) is 3.74. The maximum Gasteiger partial charge on any atom is 0.150 e. The van der Waals surface area contributed by atoms with Crippen LogP contribution in [-0.4, -0.2) is 30.6 Å². The van der Waals surface area contributed by atoms with E-state index >= 15 is 0 Å². The summed E-state index contributed by atoms with van der Waals surface area (Å²) in [5.74, 6) is 0.519. The predicted molar refractivity (Wildman–Crippen MR) is 68.6 cm³/mol. The lowest BCUT2D eigenvalue weighted by atomic mass is 10.0. The van der Waals surface area contributed by atoms with Gasteiger partial charge in [0.2, 0.25) is 0 Å². The van der Waals surface area contributed by atoms with E-state index in [9.17, 15) is 9.90 Å². The Labute approximate surface area is 102 Å². The molecule has 0 spiro atoms. The minimum absolute atomic E-state index is 0.191. The second kappa shape index (κ2) is 4.88. The number of nitrogens with zero attached hydrogens (tertiary/aromatic N) is 1. The van der Waals surface area contributed by atoms with E-state index in [1.165, 1.54) is 0 Å². The van der Waals surface area contributed by atoms with Crippen molar-refractivity contribution in [1.29, 1.82) is 0 Å². The number of aliphatic hydroxyl groups is 1. The van der Waals surface area contributed by atoms with Gasteiger partial charge < -0.3 is 10.0 Å². The molecule has 1 aromatic carbocycles. The first-order valence-electron chi connectivity index (χ1n) is 6.10. The first-order valence-corrected chi connectivity index (χ1v) is 6.10. The third-order valence-corrected chi connectivity index (χ3v) is 3.74. The van der Waals surface area contributed by atoms with Crippen LogP contribution in [0.1, 0.15) is 29.3 Å². The predicted octanol–water partition coefficient (Wildman–Crippen LogP) is 2.01. The summed E-state index contributed by atoms with van der Waals surface area (Å²) in [4.78, 5) is 13.0. The highest BCUT2D eigenvalue weighted by Gasteiger charge is 2.31. The fourth-order valence-electron chi connectivity index (χ4n) is 2.66. The van der Waals surface area contributed by atoms with Crippen molar-refractivity contribution in [1.82, 2.24) is 0 Å². The number of benzene rings is 1. The molecule has 2 unspecified atom stereocenters. The number of hydrogen-bond donors (Lipinski definition) is 1. The van der Waals surface area contributed by atoms with Gasteiger partial charge in [-0.3, -0.25) is 4.79 Å². The first kappa shape index (κ1) is 12.1. The molecule has 1 saturated heterocycles. The number of rotatable bonds is 3. The van der Waals surface area contributed by atoms with Crippen LogP contribution in [0.2, 0.25) is 0 Å². The Kier molecular flexibility index (Phi) is 3.48. The first-order chi connectivity index (χ1) is 8.17. The Morgan fingerprint density at radius 2 is 2.29 bits per heavy atom. The molecule has 2 atom stereocenters. The number of hydrogen-bond acceptors (Lipinski definition) is 3. The number of aliphatic hydroxyl groups excluding tert-OH is 1. The van der Waals surface area contributed by atoms with Crippen molar-refractivity contribution in [3.05, 3.63) is 29.3 Å². The Bertz CT molecular complexity index is 417. The molecular weight excluding hydrogens is 214 g/mol. The van der Waals surface area contributed by atoms with Crippen molar-refractivity contribution in [3.63, 3.8) is 0 Å². The second-order valence-electron chi connectivity index (χ2n) is 4.87. The summed E-state index contributed by atoms with van der Waals surface area (Å²) >= 11 is 0. The zero-order valence-corrected chi connectivity index (χ0v) is 10.4. The molecule has 0 bridgehead atoms. The van der Waals surface area contributed by atoms with Crippen LogP contribution in [0.15, 0.2) is 18.2 Å². The van der Waals surface area contributed by atoms with Gasteiger partial charge in [-0.2, -0.15) is 0 Å². The average molecular weight is 233 g/mol. The molecule has 1 N–H and O–H groups in total. The van der Waals surface area contributed by atoms with E-state index in [4.69, 9.17) is 0 Å². The lowest BCUT2D eigenvalue weighted by molar-refractivity contribution is 0.112. The standard InChI is InChI=1S/C14H19NO2/c1-10-5-6-15(14(10)9-17)13-4-3-12(8-16)7-11(13)2/h3-4,7-8,10,14,17H,5-6,9H2,1-2H3. The van der Waals surface area contributed by atoms with Gasteiger partial charge in [0.15, 0.2) is 0 Å². The minimum Gasteiger partial charge on any atom is -0.394 e. The lowest BCUT2D eigenvalue weighted by Crippen LogP contribution is -2.35. The molecule has 1 aliphatic rings. The van der Waals surface area contributed by atoms with Gasteiger partial charge in [0, 0.05) is 17.8 Å². The van der Waals surface area contributed by atoms with Crippen molar-refractivity contribution in [2.24, 2.45) is 5.92 Å². The van der Waals surface area contributed by atoms with E-state index in [0.29, 0.717) is 11.5 Å². The van der Waals surface area contributed by atoms with Crippen molar-refractivity contribution < 1.29 is 9.90 Å². The zero-order valence-electron chi connectivity index (χ0n) is 10.4. The topological polar surface area (TPSA) is 40.5 Å². The summed E-state index contributed by atoms with van der Waals surface area (Å²) < 4.78 is 0. The maximum atomic E-state index is 10.7. The van der Waals surface area contributed by atoms with Crippen LogP contribution in [0.25, 0.3) is 0 Å². The van der Waals surface area contributed by atoms with Gasteiger partial charge in [-0.15, -0.1) is 0 Å². The summed E-state index contributed by atoms with van der Waals surface area (Å²) in [5.41, 5.74) is 2.94. The van der Waals surface area contributed by atoms with Gasteiger partial charge in [0.1, 0.15) is 6.29 Å². The molecular formula is C14H19NO2. The number of aldehydes is 1. The van der Waals surface area contributed by atoms with Crippen LogP contribution in [0.3, 0.4) is 0 Å². The van der Waals surface area contributed by atoms with Crippen molar-refractivity contribution >= 4 is 12.0 Å². The van der Waals surface area contributed by atoms with Crippen molar-refractivity contribution in [3.8, 4) is 0 Å². The van der Waals surface area contributed by atoms with E-state index in [-0.39, 0.29) is 12.6 Å². The molecule has 3 nitrogen and oxygen atoms in total. The molecule has 1 aromatic rings. The van der Waals surface area contributed by atoms with Crippen LogP contribution in [0, 0.1) is 12.8 Å². The Balaban J connectivity index is 2.31. The molecule has 1 heterocycles. The minimum atomic E-state index is 0.191. The SMILES string of the molecule is Cc1cc(C=O)ccc1N1CCC(C)C1CO. The fraction of sp³-hybridized carbons (Fsp3) is 0.500. The van der Waals surface area contributed by atoms with E-state index in [1.807, 2.05) is 25.1 Å². The molecule has 0 radical (unpaired) electrons. The maximum absolute atomic E-state index is 10.7. The fourth-order valence-corrected chi connectivity index (χ4v) is 2.66. The van der Waals surface area contributed by atoms with Crippen molar-refractivity contribution in [2.45, 2.75) is 26.3 Å². The molecule has 0 saturated carbocycles. The molecule has 17 heavy (non-hydrogen) atoms. The Morgan fingerprint density at radius 1 is 1.53 bits per heavy atom. The summed E-state index contributed by atoms with van der Waals surface area (Å²) in [6, 6.07) is 5.93. The number of carbonyl (C=O) groups excluding carboxylic acids is 1. The average Bonchev–Trinajstić information content (AvgIpc) is 2.70. The lowest BCUT2D eigenvalue weighted by Gasteiger charge is -2.28. The molecule has 0 aliphatic carbocycles. The molecule has 1 fully saturated rings. The largest absolute Gasteiger partial charge is 0.394 e. The quantitative estimate of drug-likeness (QED) is 0.812. The van der Waals surface area contributed by atoms with Crippen LogP contribution < -0.4 is 4.90 Å². The second-order valence-corrected chi connectivity index (χ2v) is 4.87. The van der Waals surface area contributed by atoms with Gasteiger partial charge in [-0.25, -0.2) is 0 Å². The van der Waals surface area contributed by atoms with E-state index in [0.717, 1.165) is 30.5 Å². The summed E-state index contributed by atoms with van der Waals surface area (Å²) in [6.07, 6.45) is 1.98. The summed E-state index contributed by atoms with van der Waals surface area (Å²) in [6.45, 7) is 5.36. The van der Waals surface area contributed by atoms with E-state index in [1.54, 1.807) is 0 Å². The number of carbonyl (C=O) groups is 1. The molecule has 2 rings (SSSR count). The molecule has 3 heteroatoms. The smallest absolute Gasteiger partial charge is 0.150 e. The highest BCUT2D eigenvalue weighted by Crippen LogP contribution is 2.31. The van der Waals surface area contributed by atoms with E-state index < -0.39 is 0 Å². The highest BCUT2D eigenvalue weighted by molar-refractivity contribution is 5.77. The molecule has 92 valence electrons.